The number of halogens is 2. The molecule has 0 radical (unpaired) electrons. The van der Waals surface area contributed by atoms with E-state index in [1.54, 1.807) is 12.1 Å². The van der Waals surface area contributed by atoms with Gasteiger partial charge in [-0.3, -0.25) is 4.68 Å². The van der Waals surface area contributed by atoms with E-state index in [0.29, 0.717) is 5.92 Å². The van der Waals surface area contributed by atoms with Gasteiger partial charge in [-0.05, 0) is 29.7 Å². The third-order valence-electron chi connectivity index (χ3n) is 3.14. The average Bonchev–Trinajstić information content (AvgIpc) is 2.74. The minimum atomic E-state index is -0.197. The lowest BCUT2D eigenvalue weighted by Crippen LogP contribution is -2.15. The molecule has 0 fully saturated rings. The highest BCUT2D eigenvalue weighted by Gasteiger charge is 2.07. The van der Waals surface area contributed by atoms with Crippen molar-refractivity contribution in [2.24, 2.45) is 7.05 Å². The zero-order chi connectivity index (χ0) is 13.8. The Morgan fingerprint density at radius 3 is 2.40 bits per heavy atom. The summed E-state index contributed by atoms with van der Waals surface area (Å²) in [5, 5.41) is 7.82. The summed E-state index contributed by atoms with van der Waals surface area (Å²) in [5.41, 5.74) is 3.35. The Balaban J connectivity index is 0.00000200. The quantitative estimate of drug-likeness (QED) is 0.917. The number of nitrogens with zero attached hydrogens (tertiary/aromatic N) is 2. The first-order valence-corrected chi connectivity index (χ1v) is 6.54. The molecule has 0 aliphatic heterocycles. The van der Waals surface area contributed by atoms with E-state index in [4.69, 9.17) is 0 Å². The van der Waals surface area contributed by atoms with E-state index in [-0.39, 0.29) is 18.2 Å². The summed E-state index contributed by atoms with van der Waals surface area (Å²) in [6, 6.07) is 8.69. The molecule has 0 spiro atoms. The highest BCUT2D eigenvalue weighted by atomic mass is 35.5. The third-order valence-corrected chi connectivity index (χ3v) is 3.14. The maximum absolute atomic E-state index is 12.8. The van der Waals surface area contributed by atoms with Gasteiger partial charge in [0.05, 0.1) is 11.4 Å². The summed E-state index contributed by atoms with van der Waals surface area (Å²) >= 11 is 0. The molecule has 110 valence electrons. The Labute approximate surface area is 125 Å². The highest BCUT2D eigenvalue weighted by molar-refractivity contribution is 5.85. The molecule has 0 amide bonds. The van der Waals surface area contributed by atoms with E-state index < -0.39 is 0 Å². The molecule has 0 atom stereocenters. The molecule has 0 aliphatic rings. The van der Waals surface area contributed by atoms with Gasteiger partial charge in [-0.1, -0.05) is 26.0 Å². The van der Waals surface area contributed by atoms with E-state index in [1.807, 2.05) is 11.7 Å². The molecular formula is C15H21ClFN3. The van der Waals surface area contributed by atoms with Gasteiger partial charge in [-0.15, -0.1) is 12.4 Å². The van der Waals surface area contributed by atoms with Crippen LogP contribution in [0.1, 0.15) is 36.7 Å². The van der Waals surface area contributed by atoms with Gasteiger partial charge in [0.2, 0.25) is 0 Å². The van der Waals surface area contributed by atoms with Crippen molar-refractivity contribution in [3.8, 4) is 0 Å². The summed E-state index contributed by atoms with van der Waals surface area (Å²) in [7, 11) is 1.96. The number of benzene rings is 1. The number of hydrogen-bond donors (Lipinski definition) is 1. The molecule has 1 aromatic heterocycles. The molecule has 0 saturated heterocycles. The predicted octanol–water partition coefficient (Wildman–Crippen LogP) is 3.39. The van der Waals surface area contributed by atoms with E-state index in [2.05, 4.69) is 30.3 Å². The molecule has 2 aromatic rings. The van der Waals surface area contributed by atoms with Gasteiger partial charge in [0.15, 0.2) is 0 Å². The van der Waals surface area contributed by atoms with Crippen LogP contribution in [0.15, 0.2) is 30.3 Å². The van der Waals surface area contributed by atoms with Crippen LogP contribution >= 0.6 is 12.4 Å². The van der Waals surface area contributed by atoms with Gasteiger partial charge in [-0.2, -0.15) is 5.10 Å². The molecule has 0 aliphatic carbocycles. The topological polar surface area (TPSA) is 29.9 Å². The van der Waals surface area contributed by atoms with E-state index in [9.17, 15) is 4.39 Å². The molecule has 1 aromatic carbocycles. The van der Waals surface area contributed by atoms with E-state index in [1.165, 1.54) is 12.1 Å². The number of rotatable bonds is 5. The fourth-order valence-electron chi connectivity index (χ4n) is 1.92. The lowest BCUT2D eigenvalue weighted by atomic mass is 10.1. The van der Waals surface area contributed by atoms with Gasteiger partial charge in [0, 0.05) is 20.1 Å². The van der Waals surface area contributed by atoms with Crippen molar-refractivity contribution in [2.45, 2.75) is 32.9 Å². The van der Waals surface area contributed by atoms with Crippen molar-refractivity contribution in [2.75, 3.05) is 0 Å². The van der Waals surface area contributed by atoms with Crippen LogP contribution in [0.2, 0.25) is 0 Å². The van der Waals surface area contributed by atoms with Crippen molar-refractivity contribution >= 4 is 12.4 Å². The second-order valence-electron chi connectivity index (χ2n) is 5.07. The average molecular weight is 298 g/mol. The normalized spacial score (nSPS) is 10.7. The van der Waals surface area contributed by atoms with Crippen molar-refractivity contribution in [3.63, 3.8) is 0 Å². The van der Waals surface area contributed by atoms with Crippen LogP contribution in [0.4, 0.5) is 4.39 Å². The SMILES string of the molecule is CC(C)c1cc(CNCc2ccc(F)cc2)n(C)n1.Cl. The van der Waals surface area contributed by atoms with Gasteiger partial charge in [0.25, 0.3) is 0 Å². The fraction of sp³-hybridized carbons (Fsp3) is 0.400. The van der Waals surface area contributed by atoms with E-state index >= 15 is 0 Å². The number of hydrogen-bond acceptors (Lipinski definition) is 2. The lowest BCUT2D eigenvalue weighted by molar-refractivity contribution is 0.614. The van der Waals surface area contributed by atoms with Crippen molar-refractivity contribution in [1.82, 2.24) is 15.1 Å². The van der Waals surface area contributed by atoms with Gasteiger partial charge in [0.1, 0.15) is 5.82 Å². The standard InChI is InChI=1S/C15H20FN3.ClH/c1-11(2)15-8-14(19(3)18-15)10-17-9-12-4-6-13(16)7-5-12;/h4-8,11,17H,9-10H2,1-3H3;1H. The van der Waals surface area contributed by atoms with Crippen LogP contribution in [0.25, 0.3) is 0 Å². The Bertz CT molecular complexity index is 535. The van der Waals surface area contributed by atoms with Crippen LogP contribution < -0.4 is 5.32 Å². The Kier molecular flexibility index (Phi) is 6.17. The smallest absolute Gasteiger partial charge is 0.123 e. The van der Waals surface area contributed by atoms with Crippen LogP contribution in [0.3, 0.4) is 0 Å². The molecule has 0 saturated carbocycles. The molecule has 5 heteroatoms. The second-order valence-corrected chi connectivity index (χ2v) is 5.07. The first-order chi connectivity index (χ1) is 9.06. The molecule has 1 heterocycles. The maximum atomic E-state index is 12.8. The summed E-state index contributed by atoms with van der Waals surface area (Å²) in [5.74, 6) is 0.244. The summed E-state index contributed by atoms with van der Waals surface area (Å²) in [6.07, 6.45) is 0. The Hall–Kier alpha value is -1.39. The van der Waals surface area contributed by atoms with Crippen molar-refractivity contribution < 1.29 is 4.39 Å². The molecule has 2 rings (SSSR count). The number of nitrogens with one attached hydrogen (secondary N) is 1. The summed E-state index contributed by atoms with van der Waals surface area (Å²) in [4.78, 5) is 0. The molecule has 3 nitrogen and oxygen atoms in total. The third kappa shape index (κ3) is 4.32. The zero-order valence-electron chi connectivity index (χ0n) is 12.1. The van der Waals surface area contributed by atoms with Crippen LogP contribution in [0, 0.1) is 5.82 Å². The van der Waals surface area contributed by atoms with Crippen LogP contribution in [-0.2, 0) is 20.1 Å². The van der Waals surface area contributed by atoms with Crippen LogP contribution in [0.5, 0.6) is 0 Å². The highest BCUT2D eigenvalue weighted by Crippen LogP contribution is 2.13. The Morgan fingerprint density at radius 1 is 1.20 bits per heavy atom. The maximum Gasteiger partial charge on any atom is 0.123 e. The largest absolute Gasteiger partial charge is 0.307 e. The molecule has 0 bridgehead atoms. The molecular weight excluding hydrogens is 277 g/mol. The first kappa shape index (κ1) is 16.7. The Morgan fingerprint density at radius 2 is 1.85 bits per heavy atom. The number of aromatic nitrogens is 2. The zero-order valence-corrected chi connectivity index (χ0v) is 12.9. The number of aryl methyl sites for hydroxylation is 1. The fourth-order valence-corrected chi connectivity index (χ4v) is 1.92. The second kappa shape index (κ2) is 7.41. The van der Waals surface area contributed by atoms with Gasteiger partial charge >= 0.3 is 0 Å². The minimum absolute atomic E-state index is 0. The van der Waals surface area contributed by atoms with E-state index in [0.717, 1.165) is 30.0 Å². The van der Waals surface area contributed by atoms with Crippen molar-refractivity contribution in [1.29, 1.82) is 0 Å². The monoisotopic (exact) mass is 297 g/mol. The minimum Gasteiger partial charge on any atom is -0.307 e. The van der Waals surface area contributed by atoms with Gasteiger partial charge < -0.3 is 5.32 Å². The van der Waals surface area contributed by atoms with Crippen molar-refractivity contribution in [3.05, 3.63) is 53.1 Å². The summed E-state index contributed by atoms with van der Waals surface area (Å²) < 4.78 is 14.7. The first-order valence-electron chi connectivity index (χ1n) is 6.54. The predicted molar refractivity (Wildman–Crippen MR) is 81.5 cm³/mol. The van der Waals surface area contributed by atoms with Gasteiger partial charge in [-0.25, -0.2) is 4.39 Å². The summed E-state index contributed by atoms with van der Waals surface area (Å²) in [6.45, 7) is 5.76. The molecule has 20 heavy (non-hydrogen) atoms. The molecule has 0 unspecified atom stereocenters. The molecule has 1 N–H and O–H groups in total. The van der Waals surface area contributed by atoms with Crippen LogP contribution in [-0.4, -0.2) is 9.78 Å². The lowest BCUT2D eigenvalue weighted by Gasteiger charge is -2.05.